The first-order valence-electron chi connectivity index (χ1n) is 28.4. The lowest BCUT2D eigenvalue weighted by molar-refractivity contribution is -0.137. The number of carbonyl (C=O) groups excluding carboxylic acids is 8. The number of anilines is 3. The number of ketones is 2. The highest BCUT2D eigenvalue weighted by Crippen LogP contribution is 2.43. The van der Waals surface area contributed by atoms with Crippen molar-refractivity contribution in [3.05, 3.63) is 153 Å². The lowest BCUT2D eigenvalue weighted by Gasteiger charge is -2.27. The molecule has 5 heterocycles. The van der Waals surface area contributed by atoms with Crippen molar-refractivity contribution in [2.24, 2.45) is 5.92 Å². The second-order valence-corrected chi connectivity index (χ2v) is 24.1. The van der Waals surface area contributed by atoms with Crippen LogP contribution < -0.4 is 34.6 Å². The minimum Gasteiger partial charge on any atom is -0.493 e. The van der Waals surface area contributed by atoms with Crippen molar-refractivity contribution >= 4 is 74.2 Å². The van der Waals surface area contributed by atoms with Crippen molar-refractivity contribution < 1.29 is 65.5 Å². The van der Waals surface area contributed by atoms with Crippen molar-refractivity contribution in [2.45, 2.75) is 134 Å². The molecule has 84 heavy (non-hydrogen) atoms. The largest absolute Gasteiger partial charge is 0.493 e. The van der Waals surface area contributed by atoms with E-state index in [9.17, 15) is 51.3 Å². The predicted molar refractivity (Wildman–Crippen MR) is 312 cm³/mol. The Morgan fingerprint density at radius 2 is 1.30 bits per heavy atom. The van der Waals surface area contributed by atoms with Crippen LogP contribution in [-0.2, 0) is 77.8 Å². The summed E-state index contributed by atoms with van der Waals surface area (Å²) in [4.78, 5) is 109. The Balaban J connectivity index is 0.820. The molecular formula is C64H67N5O14S. The molecule has 5 aliphatic rings. The van der Waals surface area contributed by atoms with E-state index in [0.29, 0.717) is 87.7 Å². The van der Waals surface area contributed by atoms with Gasteiger partial charge in [-0.3, -0.25) is 47.8 Å². The number of Topliss-reactive ketones (excluding diaryl/α,β-unsaturated/α-hetero) is 2. The van der Waals surface area contributed by atoms with Crippen LogP contribution in [0.2, 0.25) is 0 Å². The van der Waals surface area contributed by atoms with E-state index < -0.39 is 51.1 Å². The molecule has 5 aromatic rings. The summed E-state index contributed by atoms with van der Waals surface area (Å²) in [5, 5.41) is 4.34. The average molecular weight is 1160 g/mol. The van der Waals surface area contributed by atoms with E-state index in [2.05, 4.69) is 16.7 Å². The summed E-state index contributed by atoms with van der Waals surface area (Å²) < 4.78 is 55.4. The molecule has 5 aliphatic heterocycles. The molecule has 0 bridgehead atoms. The molecule has 0 radical (unpaired) electrons. The number of nitrogens with zero attached hydrogens (tertiary/aromatic N) is 3. The number of unbranched alkanes of at least 4 members (excludes halogenated alkanes) is 1. The molecule has 0 aromatic heterocycles. The zero-order valence-electron chi connectivity index (χ0n) is 47.3. The van der Waals surface area contributed by atoms with Crippen molar-refractivity contribution in [1.29, 1.82) is 0 Å². The first-order chi connectivity index (χ1) is 40.2. The van der Waals surface area contributed by atoms with Gasteiger partial charge in [0.25, 0.3) is 33.7 Å². The number of fused-ring (bicyclic) bond motifs is 8. The highest BCUT2D eigenvalue weighted by molar-refractivity contribution is 7.86. The Morgan fingerprint density at radius 1 is 0.690 bits per heavy atom. The Hall–Kier alpha value is -8.49. The second-order valence-electron chi connectivity index (χ2n) is 22.4. The molecule has 6 amide bonds. The molecule has 10 rings (SSSR count). The number of benzene rings is 5. The average Bonchev–Trinajstić information content (AvgIpc) is 1.91. The Labute approximate surface area is 487 Å². The maximum Gasteiger partial charge on any atom is 0.270 e. The van der Waals surface area contributed by atoms with Crippen LogP contribution in [0, 0.1) is 12.8 Å². The number of aryl methyl sites for hydroxylation is 2. The number of hydrogen-bond donors (Lipinski definition) is 3. The van der Waals surface area contributed by atoms with Gasteiger partial charge >= 0.3 is 0 Å². The molecule has 0 spiro atoms. The van der Waals surface area contributed by atoms with Gasteiger partial charge in [0.1, 0.15) is 30.0 Å². The van der Waals surface area contributed by atoms with Crippen LogP contribution in [0.1, 0.15) is 125 Å². The summed E-state index contributed by atoms with van der Waals surface area (Å²) in [6, 6.07) is 25.6. The number of ether oxygens (including phenoxy) is 3. The molecule has 20 heteroatoms. The van der Waals surface area contributed by atoms with E-state index >= 15 is 0 Å². The number of amides is 6. The molecule has 3 N–H and O–H groups in total. The summed E-state index contributed by atoms with van der Waals surface area (Å²) in [7, 11) is -3.13. The molecular weight excluding hydrogens is 1090 g/mol. The first kappa shape index (κ1) is 58.7. The maximum atomic E-state index is 14.3. The van der Waals surface area contributed by atoms with Crippen molar-refractivity contribution in [3.63, 3.8) is 0 Å². The standard InChI is InChI=1S/C64H67N5O14S/c1-37-24-49-45(33-58(84(78,79)80)53-30-44-13-6-9-17-52(44)69(53)64(49)77)32-55(37)82-35-40-26-41(36-83-57-31-42-19-20-47-29-43-12-5-8-16-51(43)68(47)63(76)50(42)34-56(57)81-4)28-46(27-40)66-62(75)38(2)25-54(71)39(3)65-59(72)18-10-7-14-48(70)15-11-23-67-60(73)21-22-61(67)74/h5-6,8-9,12-13,16-17,21-22,24,26-28,31-32,34,38-39,47,53,58H,7,10-11,14-15,18-20,23,25,29-30,33,35-36H2,1-4H3,(H,65,72)(H,66,75)(H,78,79,80)/t38-,39+,47-,53+,58?/m1/s1. The molecule has 1 unspecified atom stereocenters. The minimum absolute atomic E-state index is 0.0151. The fourth-order valence-electron chi connectivity index (χ4n) is 12.1. The third-order valence-electron chi connectivity index (χ3n) is 16.5. The van der Waals surface area contributed by atoms with Gasteiger partial charge in [0.05, 0.1) is 19.2 Å². The van der Waals surface area contributed by atoms with Crippen LogP contribution in [0.15, 0.2) is 103 Å². The lowest BCUT2D eigenvalue weighted by Crippen LogP contribution is -2.47. The van der Waals surface area contributed by atoms with Gasteiger partial charge in [0.2, 0.25) is 11.8 Å². The third kappa shape index (κ3) is 12.7. The number of methoxy groups -OCH3 is 1. The van der Waals surface area contributed by atoms with E-state index in [4.69, 9.17) is 14.2 Å². The van der Waals surface area contributed by atoms with Crippen LogP contribution in [0.25, 0.3) is 0 Å². The third-order valence-corrected chi connectivity index (χ3v) is 17.8. The number of rotatable bonds is 23. The molecule has 0 saturated carbocycles. The Kier molecular flexibility index (Phi) is 17.3. The maximum absolute atomic E-state index is 14.3. The molecule has 0 saturated heterocycles. The van der Waals surface area contributed by atoms with Crippen molar-refractivity contribution in [2.75, 3.05) is 28.8 Å². The number of para-hydroxylation sites is 2. The Morgan fingerprint density at radius 3 is 1.99 bits per heavy atom. The van der Waals surface area contributed by atoms with Gasteiger partial charge < -0.3 is 34.6 Å². The quantitative estimate of drug-likeness (QED) is 0.0319. The molecule has 5 aromatic carbocycles. The summed E-state index contributed by atoms with van der Waals surface area (Å²) in [6.07, 6.45) is 6.17. The van der Waals surface area contributed by atoms with Crippen LogP contribution in [0.3, 0.4) is 0 Å². The second kappa shape index (κ2) is 24.8. The van der Waals surface area contributed by atoms with Gasteiger partial charge in [0, 0.05) is 84.5 Å². The summed E-state index contributed by atoms with van der Waals surface area (Å²) >= 11 is 0. The van der Waals surface area contributed by atoms with Gasteiger partial charge in [-0.2, -0.15) is 8.42 Å². The number of carbonyl (C=O) groups is 8. The number of hydrogen-bond acceptors (Lipinski definition) is 13. The van der Waals surface area contributed by atoms with E-state index in [1.807, 2.05) is 47.4 Å². The van der Waals surface area contributed by atoms with E-state index in [1.165, 1.54) is 24.2 Å². The number of nitrogens with one attached hydrogen (secondary N) is 2. The topological polar surface area (TPSA) is 252 Å². The van der Waals surface area contributed by atoms with Gasteiger partial charge in [-0.25, -0.2) is 0 Å². The fraction of sp³-hybridized carbons (Fsp3) is 0.375. The van der Waals surface area contributed by atoms with Crippen LogP contribution >= 0.6 is 0 Å². The zero-order chi connectivity index (χ0) is 59.6. The normalized spacial score (nSPS) is 18.3. The smallest absolute Gasteiger partial charge is 0.270 e. The molecule has 438 valence electrons. The molecule has 0 aliphatic carbocycles. The highest BCUT2D eigenvalue weighted by Gasteiger charge is 2.47. The lowest BCUT2D eigenvalue weighted by atomic mass is 9.97. The monoisotopic (exact) mass is 1160 g/mol. The van der Waals surface area contributed by atoms with Crippen LogP contribution in [0.4, 0.5) is 17.1 Å². The van der Waals surface area contributed by atoms with Gasteiger partial charge in [0.15, 0.2) is 17.3 Å². The summed E-state index contributed by atoms with van der Waals surface area (Å²) in [6.45, 7) is 5.00. The van der Waals surface area contributed by atoms with Crippen LogP contribution in [0.5, 0.6) is 17.2 Å². The minimum atomic E-state index is -4.64. The zero-order valence-corrected chi connectivity index (χ0v) is 48.1. The van der Waals surface area contributed by atoms with E-state index in [0.717, 1.165) is 40.1 Å². The molecule has 19 nitrogen and oxygen atoms in total. The Bertz CT molecular complexity index is 3630. The van der Waals surface area contributed by atoms with Crippen LogP contribution in [-0.4, -0.2) is 102 Å². The fourth-order valence-corrected chi connectivity index (χ4v) is 13.1. The van der Waals surface area contributed by atoms with Gasteiger partial charge in [-0.1, -0.05) is 43.3 Å². The van der Waals surface area contributed by atoms with E-state index in [-0.39, 0.29) is 93.6 Å². The van der Waals surface area contributed by atoms with Crippen molar-refractivity contribution in [1.82, 2.24) is 10.2 Å². The number of imide groups is 1. The van der Waals surface area contributed by atoms with Gasteiger partial charge in [-0.15, -0.1) is 0 Å². The SMILES string of the molecule is COc1cc2c(cc1OCc1cc(COc3cc4c(cc3C)C(=O)N3c5ccccc5C[C@H]3C(S(=O)(=O)O)C4)cc(NC(=O)[C@H](C)CC(=O)[C@H](C)NC(=O)CCCCC(=O)CCCN3C(=O)C=CC3=O)c1)CC[C@@H]1Cc3ccccc3N1C2=O. The molecule has 0 fully saturated rings. The first-order valence-corrected chi connectivity index (χ1v) is 29.9. The summed E-state index contributed by atoms with van der Waals surface area (Å²) in [5.41, 5.74) is 7.64. The summed E-state index contributed by atoms with van der Waals surface area (Å²) in [5.74, 6) is -2.25. The predicted octanol–water partition coefficient (Wildman–Crippen LogP) is 7.94. The van der Waals surface area contributed by atoms with Gasteiger partial charge in [-0.05, 0) is 159 Å². The molecule has 5 atom stereocenters. The van der Waals surface area contributed by atoms with Crippen molar-refractivity contribution in [3.8, 4) is 17.2 Å². The highest BCUT2D eigenvalue weighted by atomic mass is 32.2. The van der Waals surface area contributed by atoms with E-state index in [1.54, 1.807) is 63.2 Å².